The molecular formula is C12H13FO. The molecular weight excluding hydrogens is 179 g/mol. The van der Waals surface area contributed by atoms with Crippen molar-refractivity contribution in [2.45, 2.75) is 19.8 Å². The molecule has 1 rings (SSSR count). The SMILES string of the molecule is C=CCCC(=O)c1cccc(F)c1C. The highest BCUT2D eigenvalue weighted by Crippen LogP contribution is 2.14. The van der Waals surface area contributed by atoms with Crippen LogP contribution < -0.4 is 0 Å². The van der Waals surface area contributed by atoms with Crippen molar-refractivity contribution < 1.29 is 9.18 Å². The Labute approximate surface area is 83.3 Å². The molecule has 0 radical (unpaired) electrons. The minimum Gasteiger partial charge on any atom is -0.294 e. The maximum Gasteiger partial charge on any atom is 0.163 e. The minimum absolute atomic E-state index is 0.0260. The van der Waals surface area contributed by atoms with Crippen LogP contribution in [0.3, 0.4) is 0 Å². The third kappa shape index (κ3) is 2.28. The molecule has 0 aliphatic carbocycles. The van der Waals surface area contributed by atoms with Gasteiger partial charge in [0.15, 0.2) is 5.78 Å². The number of halogens is 1. The van der Waals surface area contributed by atoms with Crippen LogP contribution in [-0.4, -0.2) is 5.78 Å². The van der Waals surface area contributed by atoms with Crippen LogP contribution in [0.1, 0.15) is 28.8 Å². The first-order chi connectivity index (χ1) is 6.66. The smallest absolute Gasteiger partial charge is 0.163 e. The van der Waals surface area contributed by atoms with Gasteiger partial charge in [-0.05, 0) is 25.0 Å². The van der Waals surface area contributed by atoms with Gasteiger partial charge in [0.05, 0.1) is 0 Å². The lowest BCUT2D eigenvalue weighted by molar-refractivity contribution is 0.0982. The predicted octanol–water partition coefficient (Wildman–Crippen LogP) is 3.28. The number of allylic oxidation sites excluding steroid dienone is 1. The summed E-state index contributed by atoms with van der Waals surface area (Å²) in [6.07, 6.45) is 2.72. The van der Waals surface area contributed by atoms with Crippen molar-refractivity contribution >= 4 is 5.78 Å². The van der Waals surface area contributed by atoms with Gasteiger partial charge in [0.2, 0.25) is 0 Å². The second-order valence-corrected chi connectivity index (χ2v) is 3.16. The van der Waals surface area contributed by atoms with Gasteiger partial charge in [0, 0.05) is 12.0 Å². The van der Waals surface area contributed by atoms with Gasteiger partial charge in [-0.1, -0.05) is 18.2 Å². The van der Waals surface area contributed by atoms with Gasteiger partial charge in [0.1, 0.15) is 5.82 Å². The van der Waals surface area contributed by atoms with Gasteiger partial charge in [-0.2, -0.15) is 0 Å². The molecule has 2 heteroatoms. The van der Waals surface area contributed by atoms with Crippen LogP contribution in [0.15, 0.2) is 30.9 Å². The van der Waals surface area contributed by atoms with Crippen LogP contribution in [0.4, 0.5) is 4.39 Å². The van der Waals surface area contributed by atoms with Crippen LogP contribution in [-0.2, 0) is 0 Å². The summed E-state index contributed by atoms with van der Waals surface area (Å²) in [7, 11) is 0. The molecule has 1 aromatic rings. The summed E-state index contributed by atoms with van der Waals surface area (Å²) in [6.45, 7) is 5.16. The van der Waals surface area contributed by atoms with E-state index < -0.39 is 0 Å². The first-order valence-electron chi connectivity index (χ1n) is 4.56. The normalized spacial score (nSPS) is 9.86. The molecule has 0 saturated carbocycles. The second kappa shape index (κ2) is 4.70. The van der Waals surface area contributed by atoms with Crippen molar-refractivity contribution in [1.29, 1.82) is 0 Å². The fraction of sp³-hybridized carbons (Fsp3) is 0.250. The Morgan fingerprint density at radius 1 is 1.57 bits per heavy atom. The van der Waals surface area contributed by atoms with E-state index in [1.54, 1.807) is 25.1 Å². The van der Waals surface area contributed by atoms with E-state index in [9.17, 15) is 9.18 Å². The Bertz CT molecular complexity index is 355. The second-order valence-electron chi connectivity index (χ2n) is 3.16. The summed E-state index contributed by atoms with van der Waals surface area (Å²) in [4.78, 5) is 11.6. The summed E-state index contributed by atoms with van der Waals surface area (Å²) >= 11 is 0. The highest BCUT2D eigenvalue weighted by Gasteiger charge is 2.10. The summed E-state index contributed by atoms with van der Waals surface area (Å²) < 4.78 is 13.1. The van der Waals surface area contributed by atoms with Crippen molar-refractivity contribution in [3.8, 4) is 0 Å². The monoisotopic (exact) mass is 192 g/mol. The number of Topliss-reactive ketones (excluding diaryl/α,β-unsaturated/α-hetero) is 1. The molecule has 0 aliphatic heterocycles. The largest absolute Gasteiger partial charge is 0.294 e. The van der Waals surface area contributed by atoms with E-state index in [0.717, 1.165) is 0 Å². The molecule has 0 atom stereocenters. The molecule has 0 bridgehead atoms. The lowest BCUT2D eigenvalue weighted by atomic mass is 10.0. The summed E-state index contributed by atoms with van der Waals surface area (Å²) in [5, 5.41) is 0. The molecule has 1 nitrogen and oxygen atoms in total. The molecule has 0 amide bonds. The Balaban J connectivity index is 2.89. The van der Waals surface area contributed by atoms with Crippen molar-refractivity contribution in [3.63, 3.8) is 0 Å². The summed E-state index contributed by atoms with van der Waals surface area (Å²) in [5.74, 6) is -0.351. The number of hydrogen-bond acceptors (Lipinski definition) is 1. The third-order valence-corrected chi connectivity index (χ3v) is 2.14. The zero-order valence-corrected chi connectivity index (χ0v) is 8.22. The first kappa shape index (κ1) is 10.6. The van der Waals surface area contributed by atoms with E-state index >= 15 is 0 Å². The van der Waals surface area contributed by atoms with Crippen molar-refractivity contribution in [1.82, 2.24) is 0 Å². The van der Waals surface area contributed by atoms with Gasteiger partial charge in [-0.15, -0.1) is 6.58 Å². The third-order valence-electron chi connectivity index (χ3n) is 2.14. The molecule has 0 heterocycles. The van der Waals surface area contributed by atoms with E-state index in [0.29, 0.717) is 24.0 Å². The number of hydrogen-bond donors (Lipinski definition) is 0. The van der Waals surface area contributed by atoms with Crippen molar-refractivity contribution in [3.05, 3.63) is 47.8 Å². The minimum atomic E-state index is -0.325. The molecule has 14 heavy (non-hydrogen) atoms. The summed E-state index contributed by atoms with van der Waals surface area (Å²) in [5.41, 5.74) is 0.911. The van der Waals surface area contributed by atoms with E-state index in [2.05, 4.69) is 6.58 Å². The van der Waals surface area contributed by atoms with Gasteiger partial charge in [-0.25, -0.2) is 4.39 Å². The van der Waals surface area contributed by atoms with Gasteiger partial charge in [0.25, 0.3) is 0 Å². The topological polar surface area (TPSA) is 17.1 Å². The highest BCUT2D eigenvalue weighted by atomic mass is 19.1. The lowest BCUT2D eigenvalue weighted by Gasteiger charge is -2.04. The average molecular weight is 192 g/mol. The number of benzene rings is 1. The Hall–Kier alpha value is -1.44. The van der Waals surface area contributed by atoms with Crippen molar-refractivity contribution in [2.24, 2.45) is 0 Å². The molecule has 0 aliphatic rings. The summed E-state index contributed by atoms with van der Waals surface area (Å²) in [6, 6.07) is 4.58. The van der Waals surface area contributed by atoms with E-state index in [1.165, 1.54) is 6.07 Å². The van der Waals surface area contributed by atoms with Crippen LogP contribution in [0, 0.1) is 12.7 Å². The van der Waals surface area contributed by atoms with E-state index in [-0.39, 0.29) is 11.6 Å². The van der Waals surface area contributed by atoms with Crippen LogP contribution >= 0.6 is 0 Å². The maximum absolute atomic E-state index is 13.1. The Morgan fingerprint density at radius 3 is 2.93 bits per heavy atom. The Morgan fingerprint density at radius 2 is 2.29 bits per heavy atom. The zero-order valence-electron chi connectivity index (χ0n) is 8.22. The maximum atomic E-state index is 13.1. The fourth-order valence-corrected chi connectivity index (χ4v) is 1.28. The Kier molecular flexibility index (Phi) is 3.57. The predicted molar refractivity (Wildman–Crippen MR) is 54.9 cm³/mol. The van der Waals surface area contributed by atoms with Crippen LogP contribution in [0.2, 0.25) is 0 Å². The number of rotatable bonds is 4. The number of carbonyl (C=O) groups excluding carboxylic acids is 1. The van der Waals surface area contributed by atoms with Gasteiger partial charge >= 0.3 is 0 Å². The number of ketones is 1. The van der Waals surface area contributed by atoms with Gasteiger partial charge in [-0.3, -0.25) is 4.79 Å². The first-order valence-corrected chi connectivity index (χ1v) is 4.56. The molecule has 74 valence electrons. The fourth-order valence-electron chi connectivity index (χ4n) is 1.28. The lowest BCUT2D eigenvalue weighted by Crippen LogP contribution is -2.02. The molecule has 0 saturated heterocycles. The molecule has 0 N–H and O–H groups in total. The molecule has 0 fully saturated rings. The quantitative estimate of drug-likeness (QED) is 0.528. The average Bonchev–Trinajstić information content (AvgIpc) is 2.18. The molecule has 1 aromatic carbocycles. The van der Waals surface area contributed by atoms with Crippen molar-refractivity contribution in [2.75, 3.05) is 0 Å². The standard InChI is InChI=1S/C12H13FO/c1-3-4-8-12(14)10-6-5-7-11(13)9(10)2/h3,5-7H,1,4,8H2,2H3. The van der Waals surface area contributed by atoms with Crippen LogP contribution in [0.25, 0.3) is 0 Å². The molecule has 0 spiro atoms. The molecule has 0 unspecified atom stereocenters. The van der Waals surface area contributed by atoms with Crippen LogP contribution in [0.5, 0.6) is 0 Å². The van der Waals surface area contributed by atoms with Gasteiger partial charge < -0.3 is 0 Å². The zero-order chi connectivity index (χ0) is 10.6. The molecule has 0 aromatic heterocycles. The van der Waals surface area contributed by atoms with E-state index in [4.69, 9.17) is 0 Å². The number of carbonyl (C=O) groups is 1. The highest BCUT2D eigenvalue weighted by molar-refractivity contribution is 5.97. The van der Waals surface area contributed by atoms with E-state index in [1.807, 2.05) is 0 Å².